The summed E-state index contributed by atoms with van der Waals surface area (Å²) in [7, 11) is -4.05. The van der Waals surface area contributed by atoms with Gasteiger partial charge in [0.15, 0.2) is 5.78 Å². The zero-order valence-corrected chi connectivity index (χ0v) is 20.6. The minimum atomic E-state index is -4.05. The molecule has 0 fully saturated rings. The number of sulfonamides is 1. The van der Waals surface area contributed by atoms with Crippen molar-refractivity contribution in [1.29, 1.82) is 0 Å². The quantitative estimate of drug-likeness (QED) is 0.294. The molecule has 0 unspecified atom stereocenters. The summed E-state index contributed by atoms with van der Waals surface area (Å²) in [6, 6.07) is 32.6. The van der Waals surface area contributed by atoms with Gasteiger partial charge in [-0.1, -0.05) is 96.6 Å². The van der Waals surface area contributed by atoms with Crippen molar-refractivity contribution in [3.63, 3.8) is 0 Å². The molecule has 0 aromatic heterocycles. The predicted octanol–water partition coefficient (Wildman–Crippen LogP) is 6.32. The Hall–Kier alpha value is -4.03. The van der Waals surface area contributed by atoms with Gasteiger partial charge in [0.25, 0.3) is 10.0 Å². The molecule has 0 spiro atoms. The number of aryl methyl sites for hydroxylation is 1. The number of carbonyl (C=O) groups is 1. The average molecular weight is 496 g/mol. The van der Waals surface area contributed by atoms with Gasteiger partial charge < -0.3 is 4.74 Å². The van der Waals surface area contributed by atoms with Crippen LogP contribution in [-0.4, -0.2) is 20.1 Å². The number of fused-ring (bicyclic) bond motifs is 1. The molecule has 2 atom stereocenters. The summed E-state index contributed by atoms with van der Waals surface area (Å²) in [4.78, 5) is 13.4. The van der Waals surface area contributed by atoms with Gasteiger partial charge in [-0.3, -0.25) is 4.79 Å². The third-order valence-corrected chi connectivity index (χ3v) is 7.68. The molecule has 36 heavy (non-hydrogen) atoms. The largest absolute Gasteiger partial charge is 0.441 e. The predicted molar refractivity (Wildman–Crippen MR) is 140 cm³/mol. The smallest absolute Gasteiger partial charge is 0.285 e. The van der Waals surface area contributed by atoms with Gasteiger partial charge in [0.2, 0.25) is 5.90 Å². The molecule has 4 aromatic rings. The molecule has 5 rings (SSSR count). The van der Waals surface area contributed by atoms with Gasteiger partial charge in [-0.25, -0.2) is 0 Å². The normalized spacial score (nSPS) is 18.3. The lowest BCUT2D eigenvalue weighted by Gasteiger charge is -2.34. The van der Waals surface area contributed by atoms with E-state index < -0.39 is 15.9 Å². The fourth-order valence-corrected chi connectivity index (χ4v) is 5.54. The maximum atomic E-state index is 13.3. The molecule has 0 aliphatic carbocycles. The van der Waals surface area contributed by atoms with Crippen LogP contribution in [-0.2, 0) is 10.0 Å². The monoisotopic (exact) mass is 495 g/mol. The van der Waals surface area contributed by atoms with Gasteiger partial charge in [0, 0.05) is 17.9 Å². The molecule has 0 amide bonds. The molecular weight excluding hydrogens is 470 g/mol. The number of nitrogens with zero attached hydrogens (tertiary/aromatic N) is 1. The second kappa shape index (κ2) is 9.91. The van der Waals surface area contributed by atoms with Crippen molar-refractivity contribution in [1.82, 2.24) is 0 Å². The number of hydrogen-bond acceptors (Lipinski definition) is 4. The fourth-order valence-electron chi connectivity index (χ4n) is 4.57. The summed E-state index contributed by atoms with van der Waals surface area (Å²) in [6.45, 7) is 1.89. The first kappa shape index (κ1) is 23.7. The number of rotatable bonds is 6. The van der Waals surface area contributed by atoms with E-state index in [1.165, 1.54) is 0 Å². The third kappa shape index (κ3) is 4.86. The van der Waals surface area contributed by atoms with E-state index in [1.54, 1.807) is 42.5 Å². The minimum Gasteiger partial charge on any atom is -0.441 e. The maximum absolute atomic E-state index is 13.3. The number of hydrogen-bond donors (Lipinski definition) is 0. The van der Waals surface area contributed by atoms with Gasteiger partial charge in [0.1, 0.15) is 5.75 Å². The zero-order chi connectivity index (χ0) is 25.1. The van der Waals surface area contributed by atoms with E-state index in [1.807, 2.05) is 73.7 Å². The van der Waals surface area contributed by atoms with E-state index in [0.717, 1.165) is 16.7 Å². The van der Waals surface area contributed by atoms with E-state index in [4.69, 9.17) is 4.74 Å². The number of Topliss-reactive ketones (excluding diaryl/α,β-unsaturated/α-hetero) is 1. The molecule has 5 nitrogen and oxygen atoms in total. The second-order valence-electron chi connectivity index (χ2n) is 8.85. The number of ketones is 1. The minimum absolute atomic E-state index is 0.0287. The Morgan fingerprint density at radius 1 is 0.806 bits per heavy atom. The van der Waals surface area contributed by atoms with Crippen molar-refractivity contribution in [3.05, 3.63) is 131 Å². The van der Waals surface area contributed by atoms with Crippen LogP contribution in [0.15, 0.2) is 118 Å². The van der Waals surface area contributed by atoms with Crippen LogP contribution in [0.3, 0.4) is 0 Å². The van der Waals surface area contributed by atoms with Crippen LogP contribution in [0.1, 0.15) is 45.3 Å². The Labute approximate surface area is 211 Å². The average Bonchev–Trinajstić information content (AvgIpc) is 2.90. The van der Waals surface area contributed by atoms with Crippen LogP contribution < -0.4 is 4.74 Å². The molecule has 1 aliphatic heterocycles. The topological polar surface area (TPSA) is 72.8 Å². The van der Waals surface area contributed by atoms with Crippen molar-refractivity contribution in [3.8, 4) is 5.75 Å². The highest BCUT2D eigenvalue weighted by molar-refractivity contribution is 7.90. The van der Waals surface area contributed by atoms with Crippen molar-refractivity contribution < 1.29 is 17.9 Å². The summed E-state index contributed by atoms with van der Waals surface area (Å²) in [5, 5.41) is 0. The summed E-state index contributed by atoms with van der Waals surface area (Å²) in [5.41, 5.74) is 3.24. The SMILES string of the molecule is Cc1ccc(S(=O)(=O)/N=C2\Oc3ccccc3[C@@H](CC(=O)c3ccccc3)[C@@H]2c2ccccc2)cc1. The molecule has 1 aliphatic rings. The van der Waals surface area contributed by atoms with E-state index in [-0.39, 0.29) is 28.9 Å². The second-order valence-corrected chi connectivity index (χ2v) is 10.4. The van der Waals surface area contributed by atoms with Crippen LogP contribution in [0.25, 0.3) is 0 Å². The highest BCUT2D eigenvalue weighted by atomic mass is 32.2. The number of benzene rings is 4. The Bertz CT molecular complexity index is 1510. The van der Waals surface area contributed by atoms with E-state index in [0.29, 0.717) is 11.3 Å². The Morgan fingerprint density at radius 3 is 2.11 bits per heavy atom. The lowest BCUT2D eigenvalue weighted by Crippen LogP contribution is -2.32. The molecule has 0 saturated heterocycles. The molecule has 0 N–H and O–H groups in total. The summed E-state index contributed by atoms with van der Waals surface area (Å²) >= 11 is 0. The van der Waals surface area contributed by atoms with Crippen molar-refractivity contribution >= 4 is 21.7 Å². The third-order valence-electron chi connectivity index (χ3n) is 6.39. The van der Waals surface area contributed by atoms with Crippen LogP contribution in [0, 0.1) is 6.92 Å². The Balaban J connectivity index is 1.65. The van der Waals surface area contributed by atoms with Gasteiger partial charge in [-0.15, -0.1) is 4.40 Å². The van der Waals surface area contributed by atoms with E-state index >= 15 is 0 Å². The standard InChI is InChI=1S/C30H25NO4S/c1-21-16-18-24(19-17-21)36(33,34)31-30-29(23-12-6-3-7-13-23)26(25-14-8-9-15-28(25)35-30)20-27(32)22-10-4-2-5-11-22/h2-19,26,29H,20H2,1H3/b31-30-/t26-,29+/m1/s1. The van der Waals surface area contributed by atoms with Crippen molar-refractivity contribution in [2.45, 2.75) is 30.1 Å². The molecule has 180 valence electrons. The zero-order valence-electron chi connectivity index (χ0n) is 19.7. The molecule has 0 bridgehead atoms. The highest BCUT2D eigenvalue weighted by Gasteiger charge is 2.39. The lowest BCUT2D eigenvalue weighted by atomic mass is 9.76. The highest BCUT2D eigenvalue weighted by Crippen LogP contribution is 2.46. The van der Waals surface area contributed by atoms with Crippen LogP contribution in [0.4, 0.5) is 0 Å². The van der Waals surface area contributed by atoms with Crippen molar-refractivity contribution in [2.24, 2.45) is 4.40 Å². The molecular formula is C30H25NO4S. The van der Waals surface area contributed by atoms with Gasteiger partial charge in [-0.2, -0.15) is 8.42 Å². The molecule has 0 radical (unpaired) electrons. The first-order valence-electron chi connectivity index (χ1n) is 11.7. The van der Waals surface area contributed by atoms with Crippen molar-refractivity contribution in [2.75, 3.05) is 0 Å². The molecule has 4 aromatic carbocycles. The Kier molecular flexibility index (Phi) is 6.53. The number of carbonyl (C=O) groups excluding carboxylic acids is 1. The Morgan fingerprint density at radius 2 is 1.42 bits per heavy atom. The molecule has 1 heterocycles. The lowest BCUT2D eigenvalue weighted by molar-refractivity contribution is 0.0970. The van der Waals surface area contributed by atoms with E-state index in [2.05, 4.69) is 4.40 Å². The van der Waals surface area contributed by atoms with E-state index in [9.17, 15) is 13.2 Å². The summed E-state index contributed by atoms with van der Waals surface area (Å²) in [6.07, 6.45) is 0.174. The summed E-state index contributed by atoms with van der Waals surface area (Å²) in [5.74, 6) is -0.385. The van der Waals surface area contributed by atoms with Gasteiger partial charge in [0.05, 0.1) is 10.8 Å². The number of ether oxygens (including phenoxy) is 1. The van der Waals surface area contributed by atoms with Crippen LogP contribution in [0.5, 0.6) is 5.75 Å². The van der Waals surface area contributed by atoms with Gasteiger partial charge in [-0.05, 0) is 36.2 Å². The summed E-state index contributed by atoms with van der Waals surface area (Å²) < 4.78 is 37.0. The fraction of sp³-hybridized carbons (Fsp3) is 0.133. The maximum Gasteiger partial charge on any atom is 0.285 e. The first-order valence-corrected chi connectivity index (χ1v) is 13.2. The number of para-hydroxylation sites is 1. The van der Waals surface area contributed by atoms with Crippen LogP contribution in [0.2, 0.25) is 0 Å². The first-order chi connectivity index (χ1) is 17.4. The van der Waals surface area contributed by atoms with Crippen LogP contribution >= 0.6 is 0 Å². The van der Waals surface area contributed by atoms with Gasteiger partial charge >= 0.3 is 0 Å². The molecule has 0 saturated carbocycles. The molecule has 6 heteroatoms.